The second kappa shape index (κ2) is 12.4. The molecule has 8 aromatic carbocycles. The summed E-state index contributed by atoms with van der Waals surface area (Å²) in [5.41, 5.74) is 10.8. The molecular weight excluding hydrogens is 657 g/mol. The standard InChI is InChI=1S/C52H34O2/c1-2-7-17-41(40-19-9-8-18-39(40)38(16-6-1)37-27-26-35-28-34(24-25-36(35)29-37)33-14-4-3-5-15-33)44-31-47-43-21-11-13-23-50(43)54-52(47)48-32-51-46(30-45(44)48)42-20-10-12-22-49(42)53-51/h3-32H,1-2H2/b16-6+,17-7+,39-38+,41-40+. The molecule has 54 heavy (non-hydrogen) atoms. The molecule has 0 unspecified atom stereocenters. The van der Waals surface area contributed by atoms with E-state index in [9.17, 15) is 0 Å². The molecule has 254 valence electrons. The molecule has 2 aromatic heterocycles. The maximum absolute atomic E-state index is 6.64. The Morgan fingerprint density at radius 1 is 0.352 bits per heavy atom. The van der Waals surface area contributed by atoms with Crippen LogP contribution in [0, 0.1) is 0 Å². The van der Waals surface area contributed by atoms with Gasteiger partial charge in [0.1, 0.15) is 22.3 Å². The van der Waals surface area contributed by atoms with E-state index in [1.54, 1.807) is 0 Å². The van der Waals surface area contributed by atoms with Gasteiger partial charge in [0.15, 0.2) is 0 Å². The Morgan fingerprint density at radius 3 is 1.72 bits per heavy atom. The molecule has 0 fully saturated rings. The lowest BCUT2D eigenvalue weighted by atomic mass is 9.90. The topological polar surface area (TPSA) is 26.3 Å². The normalized spacial score (nSPS) is 16.7. The molecule has 1 aliphatic rings. The summed E-state index contributed by atoms with van der Waals surface area (Å²) in [5, 5.41) is 11.5. The summed E-state index contributed by atoms with van der Waals surface area (Å²) in [5.74, 6) is 0. The molecule has 0 spiro atoms. The number of furan rings is 2. The molecular formula is C52H34O2. The molecule has 0 atom stereocenters. The molecule has 1 aliphatic carbocycles. The third-order valence-electron chi connectivity index (χ3n) is 11.1. The van der Waals surface area contributed by atoms with Crippen LogP contribution in [0.1, 0.15) is 24.0 Å². The second-order valence-corrected chi connectivity index (χ2v) is 14.3. The Hall–Kier alpha value is -6.90. The van der Waals surface area contributed by atoms with E-state index in [-0.39, 0.29) is 0 Å². The first kappa shape index (κ1) is 30.7. The maximum atomic E-state index is 6.64. The lowest BCUT2D eigenvalue weighted by Crippen LogP contribution is -2.29. The summed E-state index contributed by atoms with van der Waals surface area (Å²) in [6.07, 6.45) is 11.2. The van der Waals surface area contributed by atoms with E-state index in [2.05, 4.69) is 164 Å². The third-order valence-corrected chi connectivity index (χ3v) is 11.1. The van der Waals surface area contributed by atoms with E-state index >= 15 is 0 Å². The van der Waals surface area contributed by atoms with E-state index in [1.165, 1.54) is 54.6 Å². The van der Waals surface area contributed by atoms with Crippen molar-refractivity contribution in [3.8, 4) is 11.1 Å². The van der Waals surface area contributed by atoms with Gasteiger partial charge in [-0.15, -0.1) is 0 Å². The summed E-state index contributed by atoms with van der Waals surface area (Å²) in [6, 6.07) is 56.7. The number of hydrogen-bond donors (Lipinski definition) is 0. The summed E-state index contributed by atoms with van der Waals surface area (Å²) in [7, 11) is 0. The van der Waals surface area contributed by atoms with Crippen LogP contribution in [-0.2, 0) is 0 Å². The number of para-hydroxylation sites is 2. The Kier molecular flexibility index (Phi) is 7.03. The number of fused-ring (bicyclic) bond motifs is 10. The molecule has 0 radical (unpaired) electrons. The van der Waals surface area contributed by atoms with Crippen LogP contribution < -0.4 is 10.4 Å². The van der Waals surface area contributed by atoms with E-state index < -0.39 is 0 Å². The van der Waals surface area contributed by atoms with Crippen LogP contribution in [0.25, 0.3) is 87.7 Å². The fraction of sp³-hybridized carbons (Fsp3) is 0.0385. The zero-order valence-electron chi connectivity index (χ0n) is 29.6. The zero-order valence-corrected chi connectivity index (χ0v) is 29.6. The molecule has 0 saturated heterocycles. The first-order valence-electron chi connectivity index (χ1n) is 18.7. The molecule has 0 aliphatic heterocycles. The van der Waals surface area contributed by atoms with Crippen molar-refractivity contribution in [1.82, 2.24) is 0 Å². The minimum atomic E-state index is 0.863. The molecule has 0 amide bonds. The van der Waals surface area contributed by atoms with Crippen molar-refractivity contribution in [1.29, 1.82) is 0 Å². The molecule has 2 heteroatoms. The predicted octanol–water partition coefficient (Wildman–Crippen LogP) is 12.8. The van der Waals surface area contributed by atoms with Gasteiger partial charge in [-0.25, -0.2) is 0 Å². The first-order chi connectivity index (χ1) is 26.8. The van der Waals surface area contributed by atoms with Crippen LogP contribution in [0.5, 0.6) is 0 Å². The second-order valence-electron chi connectivity index (χ2n) is 14.3. The quantitative estimate of drug-likeness (QED) is 0.184. The Balaban J connectivity index is 1.23. The monoisotopic (exact) mass is 690 g/mol. The highest BCUT2D eigenvalue weighted by atomic mass is 16.3. The third kappa shape index (κ3) is 4.95. The van der Waals surface area contributed by atoms with Crippen molar-refractivity contribution < 1.29 is 8.83 Å². The van der Waals surface area contributed by atoms with Gasteiger partial charge in [-0.2, -0.15) is 0 Å². The fourth-order valence-corrected chi connectivity index (χ4v) is 8.47. The molecule has 10 aromatic rings. The highest BCUT2D eigenvalue weighted by molar-refractivity contribution is 6.22. The summed E-state index contributed by atoms with van der Waals surface area (Å²) >= 11 is 0. The highest BCUT2D eigenvalue weighted by Crippen LogP contribution is 2.41. The number of allylic oxidation sites excluding steroid dienone is 4. The van der Waals surface area contributed by atoms with Gasteiger partial charge in [0, 0.05) is 26.9 Å². The molecule has 0 N–H and O–H groups in total. The number of rotatable bonds is 3. The average Bonchev–Trinajstić information content (AvgIpc) is 3.79. The van der Waals surface area contributed by atoms with Crippen LogP contribution in [0.4, 0.5) is 0 Å². The number of benzene rings is 8. The average molecular weight is 691 g/mol. The first-order valence-corrected chi connectivity index (χ1v) is 18.7. The lowest BCUT2D eigenvalue weighted by molar-refractivity contribution is 0.667. The Labute approximate surface area is 311 Å². The van der Waals surface area contributed by atoms with Crippen molar-refractivity contribution in [3.63, 3.8) is 0 Å². The fourth-order valence-electron chi connectivity index (χ4n) is 8.47. The highest BCUT2D eigenvalue weighted by Gasteiger charge is 2.19. The van der Waals surface area contributed by atoms with E-state index in [0.29, 0.717) is 0 Å². The van der Waals surface area contributed by atoms with E-state index in [0.717, 1.165) is 67.5 Å². The van der Waals surface area contributed by atoms with Gasteiger partial charge >= 0.3 is 0 Å². The van der Waals surface area contributed by atoms with Gasteiger partial charge in [-0.05, 0) is 115 Å². The lowest BCUT2D eigenvalue weighted by Gasteiger charge is -2.13. The Bertz CT molecular complexity index is 3320. The molecule has 2 heterocycles. The van der Waals surface area contributed by atoms with Crippen LogP contribution in [0.2, 0.25) is 0 Å². The predicted molar refractivity (Wildman–Crippen MR) is 226 cm³/mol. The van der Waals surface area contributed by atoms with Gasteiger partial charge in [-0.3, -0.25) is 0 Å². The van der Waals surface area contributed by atoms with Crippen molar-refractivity contribution in [2.45, 2.75) is 12.8 Å². The van der Waals surface area contributed by atoms with Gasteiger partial charge in [-0.1, -0.05) is 140 Å². The summed E-state index contributed by atoms with van der Waals surface area (Å²) in [4.78, 5) is 0. The number of hydrogen-bond acceptors (Lipinski definition) is 2. The summed E-state index contributed by atoms with van der Waals surface area (Å²) < 4.78 is 13.1. The van der Waals surface area contributed by atoms with E-state index in [4.69, 9.17) is 8.83 Å². The van der Waals surface area contributed by atoms with Gasteiger partial charge in [0.25, 0.3) is 0 Å². The SMILES string of the molecule is C1=C/C(c2ccc3cc(-c4ccccc4)ccc3c2)=c2/cccc/c2=C(c2cc3c4ccccc4oc3c3cc4oc5ccccc5c4cc23)/C=C/CC/1. The van der Waals surface area contributed by atoms with Crippen LogP contribution >= 0.6 is 0 Å². The van der Waals surface area contributed by atoms with Gasteiger partial charge < -0.3 is 8.83 Å². The van der Waals surface area contributed by atoms with Crippen LogP contribution in [0.3, 0.4) is 0 Å². The smallest absolute Gasteiger partial charge is 0.143 e. The van der Waals surface area contributed by atoms with Crippen molar-refractivity contribution in [2.75, 3.05) is 0 Å². The van der Waals surface area contributed by atoms with Gasteiger partial charge in [0.05, 0.1) is 0 Å². The van der Waals surface area contributed by atoms with Gasteiger partial charge in [0.2, 0.25) is 0 Å². The van der Waals surface area contributed by atoms with Crippen molar-refractivity contribution in [2.24, 2.45) is 0 Å². The largest absolute Gasteiger partial charge is 0.456 e. The van der Waals surface area contributed by atoms with Crippen LogP contribution in [-0.4, -0.2) is 0 Å². The molecule has 0 bridgehead atoms. The van der Waals surface area contributed by atoms with Crippen molar-refractivity contribution >= 4 is 76.6 Å². The maximum Gasteiger partial charge on any atom is 0.143 e. The summed E-state index contributed by atoms with van der Waals surface area (Å²) in [6.45, 7) is 0. The molecule has 0 saturated carbocycles. The molecule has 11 rings (SSSR count). The zero-order chi connectivity index (χ0) is 35.6. The van der Waals surface area contributed by atoms with Crippen molar-refractivity contribution in [3.05, 3.63) is 204 Å². The van der Waals surface area contributed by atoms with E-state index in [1.807, 2.05) is 18.2 Å². The Morgan fingerprint density at radius 2 is 0.944 bits per heavy atom. The van der Waals surface area contributed by atoms with Crippen LogP contribution in [0.15, 0.2) is 191 Å². The minimum Gasteiger partial charge on any atom is -0.456 e. The molecule has 2 nitrogen and oxygen atoms in total. The minimum absolute atomic E-state index is 0.863.